The number of fused-ring (bicyclic) bond motifs is 1. The number of nitrogens with one attached hydrogen (secondary N) is 2. The number of rotatable bonds is 5. The SMILES string of the molecule is C[C@@H]1C[C@@H]1C(=O)NCCC(=O)Nn1cnc2ccccc21. The molecule has 1 saturated carbocycles. The second-order valence-corrected chi connectivity index (χ2v) is 5.50. The lowest BCUT2D eigenvalue weighted by atomic mass is 10.3. The number of aromatic nitrogens is 2. The lowest BCUT2D eigenvalue weighted by Crippen LogP contribution is -2.31. The maximum absolute atomic E-state index is 11.9. The molecule has 6 nitrogen and oxygen atoms in total. The van der Waals surface area contributed by atoms with Crippen LogP contribution >= 0.6 is 0 Å². The number of nitrogens with zero attached hydrogens (tertiary/aromatic N) is 2. The van der Waals surface area contributed by atoms with E-state index in [0.29, 0.717) is 12.5 Å². The molecule has 1 aliphatic rings. The molecule has 1 heterocycles. The Labute approximate surface area is 122 Å². The Kier molecular flexibility index (Phi) is 3.60. The molecular weight excluding hydrogens is 268 g/mol. The molecule has 0 radical (unpaired) electrons. The van der Waals surface area contributed by atoms with Gasteiger partial charge in [-0.05, 0) is 24.5 Å². The van der Waals surface area contributed by atoms with Crippen molar-refractivity contribution in [2.75, 3.05) is 12.0 Å². The van der Waals surface area contributed by atoms with E-state index in [0.717, 1.165) is 17.5 Å². The predicted octanol–water partition coefficient (Wildman–Crippen LogP) is 1.27. The largest absolute Gasteiger partial charge is 0.355 e. The van der Waals surface area contributed by atoms with Crippen molar-refractivity contribution in [3.63, 3.8) is 0 Å². The van der Waals surface area contributed by atoms with Gasteiger partial charge in [0, 0.05) is 18.9 Å². The van der Waals surface area contributed by atoms with E-state index in [1.807, 2.05) is 24.3 Å². The third-order valence-corrected chi connectivity index (χ3v) is 3.80. The second kappa shape index (κ2) is 5.55. The fraction of sp³-hybridized carbons (Fsp3) is 0.400. The molecule has 0 saturated heterocycles. The number of hydrogen-bond acceptors (Lipinski definition) is 3. The van der Waals surface area contributed by atoms with Crippen LogP contribution in [0, 0.1) is 11.8 Å². The summed E-state index contributed by atoms with van der Waals surface area (Å²) in [4.78, 5) is 27.7. The van der Waals surface area contributed by atoms with E-state index in [-0.39, 0.29) is 24.2 Å². The van der Waals surface area contributed by atoms with Crippen LogP contribution in [-0.2, 0) is 9.59 Å². The van der Waals surface area contributed by atoms with Crippen molar-refractivity contribution in [2.24, 2.45) is 11.8 Å². The summed E-state index contributed by atoms with van der Waals surface area (Å²) in [6.45, 7) is 2.42. The molecule has 21 heavy (non-hydrogen) atoms. The highest BCUT2D eigenvalue weighted by Crippen LogP contribution is 2.37. The van der Waals surface area contributed by atoms with Gasteiger partial charge in [-0.15, -0.1) is 0 Å². The van der Waals surface area contributed by atoms with E-state index in [9.17, 15) is 9.59 Å². The van der Waals surface area contributed by atoms with Crippen molar-refractivity contribution >= 4 is 22.8 Å². The first-order chi connectivity index (χ1) is 10.1. The molecule has 0 spiro atoms. The van der Waals surface area contributed by atoms with Crippen molar-refractivity contribution < 1.29 is 9.59 Å². The highest BCUT2D eigenvalue weighted by molar-refractivity contribution is 5.87. The molecule has 1 aliphatic carbocycles. The van der Waals surface area contributed by atoms with E-state index >= 15 is 0 Å². The molecular formula is C15H18N4O2. The first-order valence-corrected chi connectivity index (χ1v) is 7.15. The van der Waals surface area contributed by atoms with Crippen LogP contribution in [0.1, 0.15) is 19.8 Å². The number of amides is 2. The number of carbonyl (C=O) groups is 2. The summed E-state index contributed by atoms with van der Waals surface area (Å²) in [6, 6.07) is 7.56. The van der Waals surface area contributed by atoms with Gasteiger partial charge in [-0.25, -0.2) is 9.66 Å². The molecule has 1 fully saturated rings. The molecule has 110 valence electrons. The molecule has 6 heteroatoms. The average Bonchev–Trinajstić information content (AvgIpc) is 3.07. The van der Waals surface area contributed by atoms with Crippen LogP contribution < -0.4 is 10.7 Å². The monoisotopic (exact) mass is 286 g/mol. The molecule has 2 N–H and O–H groups in total. The fourth-order valence-corrected chi connectivity index (χ4v) is 2.36. The van der Waals surface area contributed by atoms with Crippen LogP contribution in [0.2, 0.25) is 0 Å². The molecule has 1 aromatic heterocycles. The minimum atomic E-state index is -0.151. The first kappa shape index (κ1) is 13.6. The number of para-hydroxylation sites is 2. The zero-order valence-electron chi connectivity index (χ0n) is 11.9. The van der Waals surface area contributed by atoms with Crippen LogP contribution in [0.25, 0.3) is 11.0 Å². The zero-order chi connectivity index (χ0) is 14.8. The lowest BCUT2D eigenvalue weighted by Gasteiger charge is -2.08. The summed E-state index contributed by atoms with van der Waals surface area (Å²) in [5.41, 5.74) is 4.43. The quantitative estimate of drug-likeness (QED) is 0.869. The Morgan fingerprint density at radius 3 is 2.90 bits per heavy atom. The maximum Gasteiger partial charge on any atom is 0.240 e. The van der Waals surface area contributed by atoms with Crippen molar-refractivity contribution in [3.05, 3.63) is 30.6 Å². The van der Waals surface area contributed by atoms with Crippen LogP contribution in [0.4, 0.5) is 0 Å². The third-order valence-electron chi connectivity index (χ3n) is 3.80. The maximum atomic E-state index is 11.9. The lowest BCUT2D eigenvalue weighted by molar-refractivity contribution is -0.122. The first-order valence-electron chi connectivity index (χ1n) is 7.15. The molecule has 0 bridgehead atoms. The molecule has 2 atom stereocenters. The van der Waals surface area contributed by atoms with Gasteiger partial charge in [0.15, 0.2) is 0 Å². The van der Waals surface area contributed by atoms with Crippen molar-refractivity contribution in [1.29, 1.82) is 0 Å². The Bertz CT molecular complexity index is 679. The number of carbonyl (C=O) groups excluding carboxylic acids is 2. The molecule has 2 amide bonds. The Balaban J connectivity index is 1.49. The van der Waals surface area contributed by atoms with Crippen molar-refractivity contribution in [1.82, 2.24) is 15.0 Å². The highest BCUT2D eigenvalue weighted by atomic mass is 16.2. The van der Waals surface area contributed by atoms with Crippen LogP contribution in [-0.4, -0.2) is 28.0 Å². The Hall–Kier alpha value is -2.37. The fourth-order valence-electron chi connectivity index (χ4n) is 2.36. The Morgan fingerprint density at radius 1 is 1.38 bits per heavy atom. The topological polar surface area (TPSA) is 76.0 Å². The number of imidazole rings is 1. The summed E-state index contributed by atoms with van der Waals surface area (Å²) in [7, 11) is 0. The third kappa shape index (κ3) is 3.04. The van der Waals surface area contributed by atoms with E-state index in [2.05, 4.69) is 22.7 Å². The van der Waals surface area contributed by atoms with E-state index in [1.54, 1.807) is 11.0 Å². The zero-order valence-corrected chi connectivity index (χ0v) is 11.9. The number of hydrogen-bond donors (Lipinski definition) is 2. The minimum absolute atomic E-state index is 0.0587. The van der Waals surface area contributed by atoms with E-state index < -0.39 is 0 Å². The van der Waals surface area contributed by atoms with Gasteiger partial charge in [-0.1, -0.05) is 19.1 Å². The van der Waals surface area contributed by atoms with Crippen molar-refractivity contribution in [3.8, 4) is 0 Å². The van der Waals surface area contributed by atoms with Crippen LogP contribution in [0.3, 0.4) is 0 Å². The highest BCUT2D eigenvalue weighted by Gasteiger charge is 2.38. The average molecular weight is 286 g/mol. The van der Waals surface area contributed by atoms with E-state index in [4.69, 9.17) is 0 Å². The summed E-state index contributed by atoms with van der Waals surface area (Å²) < 4.78 is 1.60. The van der Waals surface area contributed by atoms with Gasteiger partial charge < -0.3 is 5.32 Å². The van der Waals surface area contributed by atoms with E-state index in [1.165, 1.54) is 0 Å². The molecule has 1 aromatic carbocycles. The molecule has 3 rings (SSSR count). The van der Waals surface area contributed by atoms with Gasteiger partial charge >= 0.3 is 0 Å². The standard InChI is InChI=1S/C15H18N4O2/c1-10-8-11(10)15(21)16-7-6-14(20)18-19-9-17-12-4-2-3-5-13(12)19/h2-5,9-11H,6-8H2,1H3,(H,16,21)(H,18,20)/t10-,11+/m1/s1. The van der Waals surface area contributed by atoms with Crippen LogP contribution in [0.15, 0.2) is 30.6 Å². The molecule has 0 unspecified atom stereocenters. The molecule has 2 aromatic rings. The molecule has 0 aliphatic heterocycles. The van der Waals surface area contributed by atoms with Gasteiger partial charge in [0.2, 0.25) is 11.8 Å². The summed E-state index contributed by atoms with van der Waals surface area (Å²) in [5, 5.41) is 2.80. The minimum Gasteiger partial charge on any atom is -0.355 e. The summed E-state index contributed by atoms with van der Waals surface area (Å²) in [5.74, 6) is 0.535. The van der Waals surface area contributed by atoms with Gasteiger partial charge in [-0.3, -0.25) is 15.0 Å². The van der Waals surface area contributed by atoms with Gasteiger partial charge in [0.05, 0.1) is 11.0 Å². The normalized spacial score (nSPS) is 20.2. The number of benzene rings is 1. The van der Waals surface area contributed by atoms with Gasteiger partial charge in [-0.2, -0.15) is 0 Å². The predicted molar refractivity (Wildman–Crippen MR) is 79.0 cm³/mol. The summed E-state index contributed by atoms with van der Waals surface area (Å²) in [6.07, 6.45) is 2.78. The van der Waals surface area contributed by atoms with Crippen molar-refractivity contribution in [2.45, 2.75) is 19.8 Å². The smallest absolute Gasteiger partial charge is 0.240 e. The second-order valence-electron chi connectivity index (χ2n) is 5.50. The van der Waals surface area contributed by atoms with Crippen LogP contribution in [0.5, 0.6) is 0 Å². The Morgan fingerprint density at radius 2 is 2.14 bits per heavy atom. The van der Waals surface area contributed by atoms with Gasteiger partial charge in [0.1, 0.15) is 6.33 Å². The summed E-state index contributed by atoms with van der Waals surface area (Å²) >= 11 is 0. The van der Waals surface area contributed by atoms with Gasteiger partial charge in [0.25, 0.3) is 0 Å².